The smallest absolute Gasteiger partial charge is 0.407 e. The summed E-state index contributed by atoms with van der Waals surface area (Å²) in [4.78, 5) is 15.0. The average Bonchev–Trinajstić information content (AvgIpc) is 2.74. The highest BCUT2D eigenvalue weighted by Gasteiger charge is 2.37. The van der Waals surface area contributed by atoms with Crippen molar-refractivity contribution in [1.82, 2.24) is 10.2 Å². The zero-order valence-corrected chi connectivity index (χ0v) is 16.9. The van der Waals surface area contributed by atoms with E-state index in [0.29, 0.717) is 11.5 Å². The van der Waals surface area contributed by atoms with Crippen molar-refractivity contribution >= 4 is 6.09 Å². The van der Waals surface area contributed by atoms with Crippen molar-refractivity contribution < 1.29 is 18.3 Å². The summed E-state index contributed by atoms with van der Waals surface area (Å²) in [6.07, 6.45) is 4.54. The van der Waals surface area contributed by atoms with Gasteiger partial charge in [0.15, 0.2) is 0 Å². The molecule has 2 bridgehead atoms. The van der Waals surface area contributed by atoms with Crippen LogP contribution >= 0.6 is 0 Å². The maximum absolute atomic E-state index is 13.6. The number of rotatable bonds is 3. The van der Waals surface area contributed by atoms with Gasteiger partial charge in [0.25, 0.3) is 0 Å². The van der Waals surface area contributed by atoms with Gasteiger partial charge in [0.1, 0.15) is 17.7 Å². The van der Waals surface area contributed by atoms with E-state index in [1.807, 2.05) is 18.2 Å². The van der Waals surface area contributed by atoms with Crippen LogP contribution in [0, 0.1) is 17.6 Å². The molecule has 0 spiro atoms. The molecule has 3 saturated heterocycles. The van der Waals surface area contributed by atoms with Crippen molar-refractivity contribution in [2.75, 3.05) is 19.6 Å². The Bertz CT molecular complexity index is 936. The number of nitrogens with one attached hydrogen (secondary N) is 1. The fraction of sp³-hybridized carbons (Fsp3) is 0.458. The first-order valence-electron chi connectivity index (χ1n) is 10.8. The van der Waals surface area contributed by atoms with Gasteiger partial charge in [-0.2, -0.15) is 0 Å². The molecule has 30 heavy (non-hydrogen) atoms. The van der Waals surface area contributed by atoms with E-state index in [4.69, 9.17) is 4.74 Å². The number of hydrogen-bond acceptors (Lipinski definition) is 3. The maximum atomic E-state index is 13.6. The molecule has 2 aromatic rings. The van der Waals surface area contributed by atoms with Gasteiger partial charge in [0.05, 0.1) is 6.04 Å². The number of fused-ring (bicyclic) bond motifs is 4. The highest BCUT2D eigenvalue weighted by atomic mass is 19.1. The van der Waals surface area contributed by atoms with Crippen molar-refractivity contribution in [2.24, 2.45) is 5.92 Å². The number of amides is 1. The minimum Gasteiger partial charge on any atom is -0.445 e. The van der Waals surface area contributed by atoms with Crippen LogP contribution in [0.3, 0.4) is 0 Å². The first-order valence-corrected chi connectivity index (χ1v) is 10.8. The van der Waals surface area contributed by atoms with Gasteiger partial charge in [-0.3, -0.25) is 4.90 Å². The van der Waals surface area contributed by atoms with Gasteiger partial charge in [0.2, 0.25) is 0 Å². The van der Waals surface area contributed by atoms with Crippen LogP contribution in [0.1, 0.15) is 42.9 Å². The summed E-state index contributed by atoms with van der Waals surface area (Å²) in [6, 6.07) is 9.28. The number of hydrogen-bond donors (Lipinski definition) is 1. The van der Waals surface area contributed by atoms with Crippen molar-refractivity contribution in [3.05, 3.63) is 59.2 Å². The third kappa shape index (κ3) is 3.93. The molecule has 4 aliphatic rings. The lowest BCUT2D eigenvalue weighted by atomic mass is 9.85. The second-order valence-electron chi connectivity index (χ2n) is 8.74. The summed E-state index contributed by atoms with van der Waals surface area (Å²) >= 11 is 0. The monoisotopic (exact) mass is 412 g/mol. The Morgan fingerprint density at radius 1 is 1.00 bits per heavy atom. The van der Waals surface area contributed by atoms with Crippen molar-refractivity contribution in [1.29, 1.82) is 0 Å². The molecular weight excluding hydrogens is 386 g/mol. The molecule has 0 saturated carbocycles. The summed E-state index contributed by atoms with van der Waals surface area (Å²) in [5.41, 5.74) is 3.47. The molecule has 2 atom stereocenters. The van der Waals surface area contributed by atoms with Gasteiger partial charge in [-0.15, -0.1) is 0 Å². The number of halogens is 2. The fourth-order valence-corrected chi connectivity index (χ4v) is 5.22. The Morgan fingerprint density at radius 2 is 1.77 bits per heavy atom. The molecule has 4 nitrogen and oxygen atoms in total. The molecule has 1 aliphatic carbocycles. The lowest BCUT2D eigenvalue weighted by Gasteiger charge is -2.44. The van der Waals surface area contributed by atoms with Crippen LogP contribution in [0.25, 0.3) is 11.1 Å². The Labute approximate surface area is 175 Å². The van der Waals surface area contributed by atoms with Crippen LogP contribution in [0.2, 0.25) is 0 Å². The van der Waals surface area contributed by atoms with Gasteiger partial charge < -0.3 is 10.1 Å². The number of carbonyl (C=O) groups is 1. The van der Waals surface area contributed by atoms with Crippen LogP contribution in [0.4, 0.5) is 13.6 Å². The molecule has 3 heterocycles. The Morgan fingerprint density at radius 3 is 2.47 bits per heavy atom. The van der Waals surface area contributed by atoms with E-state index in [1.54, 1.807) is 0 Å². The molecule has 3 aliphatic heterocycles. The lowest BCUT2D eigenvalue weighted by Crippen LogP contribution is -2.52. The van der Waals surface area contributed by atoms with E-state index in [-0.39, 0.29) is 18.2 Å². The summed E-state index contributed by atoms with van der Waals surface area (Å²) in [5, 5.41) is 3.06. The molecule has 6 rings (SSSR count). The van der Waals surface area contributed by atoms with Gasteiger partial charge in [-0.05, 0) is 85.5 Å². The number of piperidine rings is 3. The van der Waals surface area contributed by atoms with E-state index < -0.39 is 11.6 Å². The summed E-state index contributed by atoms with van der Waals surface area (Å²) in [7, 11) is 0. The first-order chi connectivity index (χ1) is 14.5. The van der Waals surface area contributed by atoms with Crippen LogP contribution in [0.5, 0.6) is 0 Å². The number of benzene rings is 2. The van der Waals surface area contributed by atoms with Crippen molar-refractivity contribution in [2.45, 2.75) is 44.2 Å². The van der Waals surface area contributed by atoms with E-state index in [2.05, 4.69) is 10.2 Å². The van der Waals surface area contributed by atoms with Crippen molar-refractivity contribution in [3.63, 3.8) is 0 Å². The number of aryl methyl sites for hydroxylation is 1. The summed E-state index contributed by atoms with van der Waals surface area (Å²) in [6.45, 7) is 3.06. The molecule has 1 amide bonds. The highest BCUT2D eigenvalue weighted by molar-refractivity contribution is 5.69. The van der Waals surface area contributed by atoms with E-state index in [9.17, 15) is 13.6 Å². The normalized spacial score (nSPS) is 27.4. The lowest BCUT2D eigenvalue weighted by molar-refractivity contribution is -0.0340. The molecule has 158 valence electrons. The summed E-state index contributed by atoms with van der Waals surface area (Å²) < 4.78 is 33.0. The molecule has 0 aromatic heterocycles. The largest absolute Gasteiger partial charge is 0.445 e. The molecule has 1 unspecified atom stereocenters. The quantitative estimate of drug-likeness (QED) is 0.785. The minimum absolute atomic E-state index is 0.0131. The number of carbonyl (C=O) groups excluding carboxylic acids is 1. The number of alkyl carbamates (subject to hydrolysis) is 1. The molecular formula is C24H26F2N2O2. The zero-order chi connectivity index (χ0) is 20.7. The van der Waals surface area contributed by atoms with Gasteiger partial charge >= 0.3 is 6.09 Å². The first kappa shape index (κ1) is 19.5. The Balaban J connectivity index is 1.30. The Kier molecular flexibility index (Phi) is 5.19. The number of ether oxygens (including phenoxy) is 1. The third-order valence-corrected chi connectivity index (χ3v) is 6.80. The Hall–Kier alpha value is -2.47. The van der Waals surface area contributed by atoms with Crippen molar-refractivity contribution in [3.8, 4) is 11.1 Å². The zero-order valence-electron chi connectivity index (χ0n) is 16.9. The van der Waals surface area contributed by atoms with Gasteiger partial charge in [0, 0.05) is 12.6 Å². The standard InChI is InChI=1S/C24H26F2N2O2/c25-19-11-18(12-20(26)13-19)16-4-5-21-17(10-16)2-1-3-22(21)27-24(29)30-23-14-28-8-6-15(23)7-9-28/h4-5,10-13,15,22-23H,1-3,6-9,14H2,(H,27,29)/t22?,23-/m1/s1. The van der Waals surface area contributed by atoms with Crippen LogP contribution < -0.4 is 5.32 Å². The molecule has 2 aromatic carbocycles. The maximum Gasteiger partial charge on any atom is 0.407 e. The van der Waals surface area contributed by atoms with Gasteiger partial charge in [-0.25, -0.2) is 13.6 Å². The average molecular weight is 412 g/mol. The van der Waals surface area contributed by atoms with E-state index in [1.165, 1.54) is 12.1 Å². The second-order valence-corrected chi connectivity index (χ2v) is 8.74. The van der Waals surface area contributed by atoms with E-state index >= 15 is 0 Å². The molecule has 3 fully saturated rings. The topological polar surface area (TPSA) is 41.6 Å². The van der Waals surface area contributed by atoms with E-state index in [0.717, 1.165) is 74.5 Å². The SMILES string of the molecule is O=C(NC1CCCc2cc(-c3cc(F)cc(F)c3)ccc21)O[C@@H]1CN2CCC1CC2. The predicted molar refractivity (Wildman–Crippen MR) is 110 cm³/mol. The second kappa shape index (κ2) is 7.99. The third-order valence-electron chi connectivity index (χ3n) is 6.80. The summed E-state index contributed by atoms with van der Waals surface area (Å²) in [5.74, 6) is -0.691. The van der Waals surface area contributed by atoms with Crippen LogP contribution in [0.15, 0.2) is 36.4 Å². The highest BCUT2D eigenvalue weighted by Crippen LogP contribution is 2.34. The van der Waals surface area contributed by atoms with Crippen LogP contribution in [-0.4, -0.2) is 36.7 Å². The van der Waals surface area contributed by atoms with Gasteiger partial charge in [-0.1, -0.05) is 18.2 Å². The predicted octanol–water partition coefficient (Wildman–Crippen LogP) is 4.83. The molecule has 1 N–H and O–H groups in total. The molecule has 0 radical (unpaired) electrons. The van der Waals surface area contributed by atoms with Crippen LogP contribution in [-0.2, 0) is 11.2 Å². The minimum atomic E-state index is -0.585. The number of nitrogens with zero attached hydrogens (tertiary/aromatic N) is 1. The molecule has 6 heteroatoms. The fourth-order valence-electron chi connectivity index (χ4n) is 5.22.